The number of aromatic nitrogens is 1. The molecule has 9 heteroatoms. The summed E-state index contributed by atoms with van der Waals surface area (Å²) in [6, 6.07) is 23.0. The summed E-state index contributed by atoms with van der Waals surface area (Å²) in [5.74, 6) is -0.814. The molecule has 0 aliphatic carbocycles. The quantitative estimate of drug-likeness (QED) is 0.237. The smallest absolute Gasteiger partial charge is 0.416 e. The molecule has 1 atom stereocenters. The molecule has 0 aliphatic rings. The molecule has 200 valence electrons. The first-order valence-electron chi connectivity index (χ1n) is 12.3. The fraction of sp³-hybridized carbons (Fsp3) is 0.167. The second kappa shape index (κ2) is 12.3. The maximum absolute atomic E-state index is 13.1. The first kappa shape index (κ1) is 27.4. The molecule has 2 N–H and O–H groups in total. The molecule has 0 radical (unpaired) electrons. The van der Waals surface area contributed by atoms with Crippen LogP contribution in [0.1, 0.15) is 28.5 Å². The van der Waals surface area contributed by atoms with E-state index in [1.54, 1.807) is 67.7 Å². The van der Waals surface area contributed by atoms with Crippen LogP contribution in [0.15, 0.2) is 97.2 Å². The van der Waals surface area contributed by atoms with Crippen molar-refractivity contribution in [3.8, 4) is 11.1 Å². The van der Waals surface area contributed by atoms with Gasteiger partial charge in [-0.1, -0.05) is 36.4 Å². The summed E-state index contributed by atoms with van der Waals surface area (Å²) < 4.78 is 44.0. The van der Waals surface area contributed by atoms with E-state index in [0.717, 1.165) is 17.8 Å². The molecular formula is C30H26F3N3O3. The van der Waals surface area contributed by atoms with Crippen LogP contribution in [-0.2, 0) is 22.1 Å². The van der Waals surface area contributed by atoms with Crippen LogP contribution in [0.3, 0.4) is 0 Å². The zero-order valence-electron chi connectivity index (χ0n) is 21.0. The zero-order chi connectivity index (χ0) is 27.8. The van der Waals surface area contributed by atoms with E-state index in [1.165, 1.54) is 12.1 Å². The number of ether oxygens (including phenoxy) is 1. The van der Waals surface area contributed by atoms with Gasteiger partial charge in [0.05, 0.1) is 12.2 Å². The standard InChI is InChI=1S/C30H26F3N3O3/c1-2-39-29(38)27(19-24-7-5-6-18-34-24)35-22-14-16-23(17-15-22)36-28(37)26-9-4-3-8-25(26)20-10-12-21(13-11-20)30(31,32)33/h3-18,27,35H,2,19H2,1H3,(H,36,37). The van der Waals surface area contributed by atoms with Crippen molar-refractivity contribution in [2.24, 2.45) is 0 Å². The normalized spacial score (nSPS) is 11.9. The van der Waals surface area contributed by atoms with Crippen molar-refractivity contribution in [3.63, 3.8) is 0 Å². The van der Waals surface area contributed by atoms with Crippen LogP contribution < -0.4 is 10.6 Å². The van der Waals surface area contributed by atoms with E-state index in [2.05, 4.69) is 15.6 Å². The third kappa shape index (κ3) is 7.22. The average molecular weight is 534 g/mol. The topological polar surface area (TPSA) is 80.3 Å². The number of pyridine rings is 1. The fourth-order valence-corrected chi connectivity index (χ4v) is 3.99. The number of hydrogen-bond donors (Lipinski definition) is 2. The van der Waals surface area contributed by atoms with Crippen LogP contribution in [0, 0.1) is 0 Å². The minimum absolute atomic E-state index is 0.248. The predicted octanol–water partition coefficient (Wildman–Crippen LogP) is 6.61. The van der Waals surface area contributed by atoms with Crippen molar-refractivity contribution >= 4 is 23.3 Å². The summed E-state index contributed by atoms with van der Waals surface area (Å²) in [6.07, 6.45) is -2.45. The molecule has 0 aliphatic heterocycles. The molecule has 1 aromatic heterocycles. The molecule has 0 saturated heterocycles. The monoisotopic (exact) mass is 533 g/mol. The highest BCUT2D eigenvalue weighted by Gasteiger charge is 2.30. The summed E-state index contributed by atoms with van der Waals surface area (Å²) in [6.45, 7) is 1.99. The number of nitrogens with one attached hydrogen (secondary N) is 2. The molecule has 4 aromatic rings. The first-order valence-corrected chi connectivity index (χ1v) is 12.3. The summed E-state index contributed by atoms with van der Waals surface area (Å²) in [5.41, 5.74) is 2.44. The van der Waals surface area contributed by atoms with Gasteiger partial charge >= 0.3 is 12.1 Å². The molecule has 39 heavy (non-hydrogen) atoms. The molecule has 0 bridgehead atoms. The number of rotatable bonds is 9. The molecular weight excluding hydrogens is 507 g/mol. The number of carbonyl (C=O) groups excluding carboxylic acids is 2. The summed E-state index contributed by atoms with van der Waals surface area (Å²) in [5, 5.41) is 5.98. The summed E-state index contributed by atoms with van der Waals surface area (Å²) >= 11 is 0. The van der Waals surface area contributed by atoms with Crippen LogP contribution in [0.5, 0.6) is 0 Å². The zero-order valence-corrected chi connectivity index (χ0v) is 21.0. The van der Waals surface area contributed by atoms with Crippen molar-refractivity contribution in [1.29, 1.82) is 0 Å². The number of carbonyl (C=O) groups is 2. The van der Waals surface area contributed by atoms with Crippen LogP contribution >= 0.6 is 0 Å². The van der Waals surface area contributed by atoms with Crippen LogP contribution in [-0.4, -0.2) is 29.5 Å². The van der Waals surface area contributed by atoms with E-state index < -0.39 is 29.7 Å². The Morgan fingerprint density at radius 2 is 1.54 bits per heavy atom. The number of hydrogen-bond acceptors (Lipinski definition) is 5. The fourth-order valence-electron chi connectivity index (χ4n) is 3.99. The van der Waals surface area contributed by atoms with Crippen LogP contribution in [0.4, 0.5) is 24.5 Å². The molecule has 1 amide bonds. The van der Waals surface area contributed by atoms with Crippen LogP contribution in [0.25, 0.3) is 11.1 Å². The van der Waals surface area contributed by atoms with Gasteiger partial charge in [0.2, 0.25) is 0 Å². The highest BCUT2D eigenvalue weighted by molar-refractivity contribution is 6.08. The van der Waals surface area contributed by atoms with E-state index in [-0.39, 0.29) is 6.61 Å². The molecule has 0 fully saturated rings. The Balaban J connectivity index is 1.47. The van der Waals surface area contributed by atoms with E-state index in [1.807, 2.05) is 12.1 Å². The molecule has 4 rings (SSSR count). The predicted molar refractivity (Wildman–Crippen MR) is 143 cm³/mol. The van der Waals surface area contributed by atoms with Gasteiger partial charge in [-0.25, -0.2) is 4.79 Å². The van der Waals surface area contributed by atoms with Crippen molar-refractivity contribution in [3.05, 3.63) is 114 Å². The third-order valence-corrected chi connectivity index (χ3v) is 5.89. The summed E-state index contributed by atoms with van der Waals surface area (Å²) in [7, 11) is 0. The van der Waals surface area contributed by atoms with Crippen LogP contribution in [0.2, 0.25) is 0 Å². The van der Waals surface area contributed by atoms with Gasteiger partial charge in [-0.15, -0.1) is 0 Å². The number of amides is 1. The summed E-state index contributed by atoms with van der Waals surface area (Å²) in [4.78, 5) is 29.9. The number of halogens is 3. The lowest BCUT2D eigenvalue weighted by molar-refractivity contribution is -0.144. The minimum atomic E-state index is -4.44. The largest absolute Gasteiger partial charge is 0.464 e. The first-order chi connectivity index (χ1) is 18.7. The van der Waals surface area contributed by atoms with Crippen molar-refractivity contribution in [2.45, 2.75) is 25.6 Å². The number of anilines is 2. The maximum atomic E-state index is 13.1. The van der Waals surface area contributed by atoms with Gasteiger partial charge in [-0.3, -0.25) is 9.78 Å². The van der Waals surface area contributed by atoms with Gasteiger partial charge in [0, 0.05) is 35.2 Å². The van der Waals surface area contributed by atoms with Gasteiger partial charge in [-0.2, -0.15) is 13.2 Å². The number of alkyl halides is 3. The second-order valence-electron chi connectivity index (χ2n) is 8.63. The highest BCUT2D eigenvalue weighted by Crippen LogP contribution is 2.32. The third-order valence-electron chi connectivity index (χ3n) is 5.89. The Labute approximate surface area is 223 Å². The van der Waals surface area contributed by atoms with Gasteiger partial charge in [-0.05, 0) is 72.6 Å². The molecule has 0 spiro atoms. The molecule has 6 nitrogen and oxygen atoms in total. The van der Waals surface area contributed by atoms with Crippen molar-refractivity contribution < 1.29 is 27.5 Å². The van der Waals surface area contributed by atoms with E-state index in [4.69, 9.17) is 4.74 Å². The Morgan fingerprint density at radius 3 is 2.18 bits per heavy atom. The minimum Gasteiger partial charge on any atom is -0.464 e. The number of nitrogens with zero attached hydrogens (tertiary/aromatic N) is 1. The second-order valence-corrected chi connectivity index (χ2v) is 8.63. The van der Waals surface area contributed by atoms with E-state index >= 15 is 0 Å². The van der Waals surface area contributed by atoms with Gasteiger partial charge in [0.1, 0.15) is 6.04 Å². The molecule has 3 aromatic carbocycles. The van der Waals surface area contributed by atoms with Gasteiger partial charge in [0.25, 0.3) is 5.91 Å². The Bertz CT molecular complexity index is 1410. The SMILES string of the molecule is CCOC(=O)C(Cc1ccccn1)Nc1ccc(NC(=O)c2ccccc2-c2ccc(C(F)(F)F)cc2)cc1. The Kier molecular flexibility index (Phi) is 8.60. The van der Waals surface area contributed by atoms with Gasteiger partial charge in [0.15, 0.2) is 0 Å². The Morgan fingerprint density at radius 1 is 0.872 bits per heavy atom. The number of esters is 1. The molecule has 0 saturated carbocycles. The lowest BCUT2D eigenvalue weighted by Crippen LogP contribution is -2.33. The van der Waals surface area contributed by atoms with Crippen molar-refractivity contribution in [2.75, 3.05) is 17.2 Å². The lowest BCUT2D eigenvalue weighted by Gasteiger charge is -2.18. The van der Waals surface area contributed by atoms with Gasteiger partial charge < -0.3 is 15.4 Å². The van der Waals surface area contributed by atoms with E-state index in [0.29, 0.717) is 34.5 Å². The maximum Gasteiger partial charge on any atom is 0.416 e. The Hall–Kier alpha value is -4.66. The number of benzene rings is 3. The highest BCUT2D eigenvalue weighted by atomic mass is 19.4. The molecule has 1 heterocycles. The van der Waals surface area contributed by atoms with E-state index in [9.17, 15) is 22.8 Å². The average Bonchev–Trinajstić information content (AvgIpc) is 2.94. The lowest BCUT2D eigenvalue weighted by atomic mass is 9.98. The molecule has 1 unspecified atom stereocenters. The van der Waals surface area contributed by atoms with Crippen molar-refractivity contribution in [1.82, 2.24) is 4.98 Å².